The Balaban J connectivity index is 1.43. The summed E-state index contributed by atoms with van der Waals surface area (Å²) < 4.78 is 1.24. The van der Waals surface area contributed by atoms with Crippen LogP contribution in [0.25, 0.3) is 44.4 Å². The number of nitrogens with zero attached hydrogens (tertiary/aromatic N) is 2. The van der Waals surface area contributed by atoms with Crippen LogP contribution in [-0.4, -0.2) is 9.97 Å². The molecule has 2 nitrogen and oxygen atoms in total. The molecule has 0 unspecified atom stereocenters. The van der Waals surface area contributed by atoms with Gasteiger partial charge >= 0.3 is 0 Å². The van der Waals surface area contributed by atoms with Gasteiger partial charge < -0.3 is 0 Å². The lowest BCUT2D eigenvalue weighted by Gasteiger charge is -2.07. The number of rotatable bonds is 4. The van der Waals surface area contributed by atoms with Gasteiger partial charge in [-0.25, -0.2) is 0 Å². The third-order valence-electron chi connectivity index (χ3n) is 5.20. The highest BCUT2D eigenvalue weighted by atomic mass is 127. The molecule has 0 N–H and O–H groups in total. The van der Waals surface area contributed by atoms with E-state index in [0.29, 0.717) is 0 Å². The van der Waals surface area contributed by atoms with Crippen LogP contribution in [0.4, 0.5) is 0 Å². The van der Waals surface area contributed by atoms with Crippen molar-refractivity contribution in [3.8, 4) is 33.5 Å². The summed E-state index contributed by atoms with van der Waals surface area (Å²) in [6.45, 7) is 0. The number of hydrogen-bond acceptors (Lipinski definition) is 3. The third-order valence-corrected chi connectivity index (χ3v) is 7.89. The van der Waals surface area contributed by atoms with E-state index >= 15 is 0 Å². The first-order chi connectivity index (χ1) is 15.2. The molecule has 0 aliphatic rings. The van der Waals surface area contributed by atoms with E-state index in [1.165, 1.54) is 19.6 Å². The Kier molecular flexibility index (Phi) is 6.24. The highest BCUT2D eigenvalue weighted by Crippen LogP contribution is 2.30. The van der Waals surface area contributed by atoms with Crippen molar-refractivity contribution in [2.75, 3.05) is 0 Å². The zero-order valence-electron chi connectivity index (χ0n) is 16.3. The Morgan fingerprint density at radius 1 is 0.581 bits per heavy atom. The minimum Gasteiger partial charge on any atom is -0.256 e. The standard InChI is InChI=1S/C26H16I2N2S/c27-23-8-3-17(4-9-23)19-1-2-20-13-22(16-30-26(20)14-19)21-7-12-25(29-15-21)18-5-10-24(31-28)11-6-18/h1-16H. The Morgan fingerprint density at radius 2 is 1.26 bits per heavy atom. The van der Waals surface area contributed by atoms with E-state index in [1.54, 1.807) is 8.93 Å². The van der Waals surface area contributed by atoms with Gasteiger partial charge in [-0.05, 0) is 76.2 Å². The summed E-state index contributed by atoms with van der Waals surface area (Å²) in [5.74, 6) is 0. The van der Waals surface area contributed by atoms with Crippen molar-refractivity contribution in [3.05, 3.63) is 101 Å². The van der Waals surface area contributed by atoms with Crippen molar-refractivity contribution in [3.63, 3.8) is 0 Å². The lowest BCUT2D eigenvalue weighted by Crippen LogP contribution is -1.88. The summed E-state index contributed by atoms with van der Waals surface area (Å²) >= 11 is 4.63. The molecule has 0 aliphatic carbocycles. The van der Waals surface area contributed by atoms with Crippen LogP contribution in [0.15, 0.2) is 102 Å². The predicted octanol–water partition coefficient (Wildman–Crippen LogP) is 8.68. The van der Waals surface area contributed by atoms with Gasteiger partial charge in [0, 0.05) is 64.1 Å². The van der Waals surface area contributed by atoms with Gasteiger partial charge in [0.05, 0.1) is 11.2 Å². The van der Waals surface area contributed by atoms with Gasteiger partial charge in [0.25, 0.3) is 0 Å². The van der Waals surface area contributed by atoms with Crippen LogP contribution >= 0.6 is 52.7 Å². The topological polar surface area (TPSA) is 25.8 Å². The van der Waals surface area contributed by atoms with E-state index in [4.69, 9.17) is 4.98 Å². The second-order valence-corrected chi connectivity index (χ2v) is 10.4. The lowest BCUT2D eigenvalue weighted by atomic mass is 10.0. The summed E-state index contributed by atoms with van der Waals surface area (Å²) in [7, 11) is 1.72. The normalized spacial score (nSPS) is 11.0. The fourth-order valence-electron chi connectivity index (χ4n) is 3.51. The second kappa shape index (κ2) is 9.26. The SMILES string of the molecule is ISc1ccc(-c2ccc(-c3cnc4cc(-c5ccc(I)cc5)ccc4c3)cn2)cc1. The van der Waals surface area contributed by atoms with E-state index in [2.05, 4.69) is 134 Å². The maximum absolute atomic E-state index is 4.73. The predicted molar refractivity (Wildman–Crippen MR) is 148 cm³/mol. The van der Waals surface area contributed by atoms with Crippen LogP contribution in [0.3, 0.4) is 0 Å². The summed E-state index contributed by atoms with van der Waals surface area (Å²) in [6, 6.07) is 29.9. The molecule has 2 aromatic heterocycles. The monoisotopic (exact) mass is 642 g/mol. The zero-order valence-corrected chi connectivity index (χ0v) is 21.4. The van der Waals surface area contributed by atoms with E-state index in [9.17, 15) is 0 Å². The van der Waals surface area contributed by atoms with Crippen molar-refractivity contribution in [2.45, 2.75) is 4.90 Å². The van der Waals surface area contributed by atoms with Crippen LogP contribution in [0.5, 0.6) is 0 Å². The second-order valence-electron chi connectivity index (χ2n) is 7.17. The van der Waals surface area contributed by atoms with E-state index in [0.717, 1.165) is 33.3 Å². The molecular formula is C26H16I2N2S. The molecule has 3 aromatic carbocycles. The average molecular weight is 642 g/mol. The maximum atomic E-state index is 4.73. The molecule has 0 bridgehead atoms. The fourth-order valence-corrected chi connectivity index (χ4v) is 4.99. The van der Waals surface area contributed by atoms with Gasteiger partial charge in [-0.2, -0.15) is 0 Å². The summed E-state index contributed by atoms with van der Waals surface area (Å²) in [6.07, 6.45) is 3.86. The molecule has 31 heavy (non-hydrogen) atoms. The molecule has 0 atom stereocenters. The van der Waals surface area contributed by atoms with E-state index < -0.39 is 0 Å². The number of pyridine rings is 2. The highest BCUT2D eigenvalue weighted by molar-refractivity contribution is 14.2. The van der Waals surface area contributed by atoms with Crippen molar-refractivity contribution in [1.29, 1.82) is 0 Å². The molecule has 0 saturated heterocycles. The van der Waals surface area contributed by atoms with E-state index in [-0.39, 0.29) is 0 Å². The molecule has 0 saturated carbocycles. The van der Waals surface area contributed by atoms with Gasteiger partial charge in [0.2, 0.25) is 0 Å². The quantitative estimate of drug-likeness (QED) is 0.184. The molecule has 150 valence electrons. The molecule has 0 spiro atoms. The molecule has 0 radical (unpaired) electrons. The lowest BCUT2D eigenvalue weighted by molar-refractivity contribution is 1.31. The van der Waals surface area contributed by atoms with Crippen LogP contribution in [0.2, 0.25) is 0 Å². The van der Waals surface area contributed by atoms with Gasteiger partial charge in [0.1, 0.15) is 0 Å². The summed E-state index contributed by atoms with van der Waals surface area (Å²) in [5, 5.41) is 1.13. The smallest absolute Gasteiger partial charge is 0.0708 e. The number of benzene rings is 3. The zero-order chi connectivity index (χ0) is 21.2. The minimum atomic E-state index is 0.977. The first kappa shape index (κ1) is 20.9. The number of hydrogen-bond donors (Lipinski definition) is 0. The highest BCUT2D eigenvalue weighted by Gasteiger charge is 2.06. The molecule has 0 fully saturated rings. The molecule has 5 heteroatoms. The van der Waals surface area contributed by atoms with Crippen molar-refractivity contribution < 1.29 is 0 Å². The largest absolute Gasteiger partial charge is 0.256 e. The van der Waals surface area contributed by atoms with Gasteiger partial charge in [-0.1, -0.05) is 51.4 Å². The van der Waals surface area contributed by atoms with Crippen LogP contribution < -0.4 is 0 Å². The molecule has 5 rings (SSSR count). The van der Waals surface area contributed by atoms with Crippen LogP contribution in [0, 0.1) is 3.57 Å². The fraction of sp³-hybridized carbons (Fsp3) is 0. The number of halogens is 2. The van der Waals surface area contributed by atoms with E-state index in [1.807, 2.05) is 12.4 Å². The number of aromatic nitrogens is 2. The Labute approximate surface area is 211 Å². The van der Waals surface area contributed by atoms with Crippen molar-refractivity contribution in [1.82, 2.24) is 9.97 Å². The molecular weight excluding hydrogens is 626 g/mol. The summed E-state index contributed by atoms with van der Waals surface area (Å²) in [5.41, 5.74) is 7.63. The number of fused-ring (bicyclic) bond motifs is 1. The first-order valence-electron chi connectivity index (χ1n) is 9.71. The van der Waals surface area contributed by atoms with Crippen molar-refractivity contribution in [2.24, 2.45) is 0 Å². The Morgan fingerprint density at radius 3 is 1.97 bits per heavy atom. The third kappa shape index (κ3) is 4.63. The van der Waals surface area contributed by atoms with Gasteiger partial charge in [-0.3, -0.25) is 9.97 Å². The first-order valence-corrected chi connectivity index (χ1v) is 14.1. The maximum Gasteiger partial charge on any atom is 0.0708 e. The molecule has 0 aliphatic heterocycles. The Bertz CT molecular complexity index is 1350. The van der Waals surface area contributed by atoms with Crippen LogP contribution in [-0.2, 0) is 0 Å². The Hall–Kier alpha value is -1.97. The van der Waals surface area contributed by atoms with Gasteiger partial charge in [-0.15, -0.1) is 0 Å². The molecule has 0 amide bonds. The minimum absolute atomic E-state index is 0.977. The average Bonchev–Trinajstić information content (AvgIpc) is 2.84. The molecule has 2 heterocycles. The van der Waals surface area contributed by atoms with Crippen LogP contribution in [0.1, 0.15) is 0 Å². The van der Waals surface area contributed by atoms with Crippen molar-refractivity contribution >= 4 is 63.6 Å². The summed E-state index contributed by atoms with van der Waals surface area (Å²) in [4.78, 5) is 10.7. The van der Waals surface area contributed by atoms with Gasteiger partial charge in [0.15, 0.2) is 0 Å². The molecule has 5 aromatic rings.